The summed E-state index contributed by atoms with van der Waals surface area (Å²) >= 11 is 0. The fraction of sp³-hybridized carbons (Fsp3) is 0.917. The van der Waals surface area contributed by atoms with Crippen LogP contribution in [0, 0.1) is 5.92 Å². The zero-order chi connectivity index (χ0) is 11.8. The molecule has 1 atom stereocenters. The molecular formula is C12H25N3O. The van der Waals surface area contributed by atoms with Crippen molar-refractivity contribution in [1.82, 2.24) is 5.32 Å². The molecule has 1 saturated carbocycles. The van der Waals surface area contributed by atoms with Crippen molar-refractivity contribution in [2.24, 2.45) is 16.8 Å². The summed E-state index contributed by atoms with van der Waals surface area (Å²) in [5.41, 5.74) is 5.42. The molecule has 1 aliphatic rings. The average molecular weight is 227 g/mol. The second-order valence-corrected chi connectivity index (χ2v) is 4.84. The number of oxime groups is 1. The quantitative estimate of drug-likeness (QED) is 0.221. The van der Waals surface area contributed by atoms with Gasteiger partial charge in [-0.05, 0) is 25.7 Å². The molecule has 0 aromatic carbocycles. The fourth-order valence-corrected chi connectivity index (χ4v) is 2.46. The van der Waals surface area contributed by atoms with Crippen LogP contribution in [-0.4, -0.2) is 23.6 Å². The first-order valence-electron chi connectivity index (χ1n) is 6.44. The summed E-state index contributed by atoms with van der Waals surface area (Å²) in [5.74, 6) is 1.11. The standard InChI is InChI=1S/C12H25N3O/c1-10(14-9-8-12(13)15-16)11-6-4-2-3-5-7-11/h10-11,14,16H,2-9H2,1H3,(H2,13,15)/t10-/m1/s1. The van der Waals surface area contributed by atoms with Gasteiger partial charge in [0.2, 0.25) is 0 Å². The van der Waals surface area contributed by atoms with Crippen LogP contribution in [0.2, 0.25) is 0 Å². The second-order valence-electron chi connectivity index (χ2n) is 4.84. The van der Waals surface area contributed by atoms with Crippen molar-refractivity contribution in [2.45, 2.75) is 57.9 Å². The van der Waals surface area contributed by atoms with Gasteiger partial charge in [0.1, 0.15) is 5.84 Å². The predicted octanol–water partition coefficient (Wildman–Crippen LogP) is 2.07. The molecule has 0 spiro atoms. The average Bonchev–Trinajstić information content (AvgIpc) is 2.57. The molecule has 16 heavy (non-hydrogen) atoms. The number of amidine groups is 1. The Bertz CT molecular complexity index is 210. The van der Waals surface area contributed by atoms with Crippen LogP contribution in [0.25, 0.3) is 0 Å². The van der Waals surface area contributed by atoms with E-state index in [2.05, 4.69) is 17.4 Å². The summed E-state index contributed by atoms with van der Waals surface area (Å²) in [6, 6.07) is 0.546. The summed E-state index contributed by atoms with van der Waals surface area (Å²) < 4.78 is 0. The van der Waals surface area contributed by atoms with E-state index in [1.807, 2.05) is 0 Å². The number of hydrogen-bond donors (Lipinski definition) is 3. The SMILES string of the molecule is C[C@@H](NCCC(N)=NO)C1CCCCCC1. The molecule has 0 aliphatic heterocycles. The number of rotatable bonds is 5. The topological polar surface area (TPSA) is 70.6 Å². The molecule has 0 saturated heterocycles. The Morgan fingerprint density at radius 1 is 1.38 bits per heavy atom. The van der Waals surface area contributed by atoms with E-state index in [0.717, 1.165) is 12.5 Å². The van der Waals surface area contributed by atoms with E-state index in [0.29, 0.717) is 18.3 Å². The highest BCUT2D eigenvalue weighted by atomic mass is 16.4. The van der Waals surface area contributed by atoms with Crippen molar-refractivity contribution in [3.63, 3.8) is 0 Å². The first-order chi connectivity index (χ1) is 7.74. The molecule has 0 amide bonds. The lowest BCUT2D eigenvalue weighted by atomic mass is 9.93. The normalized spacial score (nSPS) is 21.7. The van der Waals surface area contributed by atoms with Crippen molar-refractivity contribution in [2.75, 3.05) is 6.54 Å². The van der Waals surface area contributed by atoms with Crippen LogP contribution in [0.5, 0.6) is 0 Å². The molecule has 1 rings (SSSR count). The molecule has 0 aromatic rings. The molecule has 0 aromatic heterocycles. The Labute approximate surface area is 98.3 Å². The highest BCUT2D eigenvalue weighted by Crippen LogP contribution is 2.25. The minimum Gasteiger partial charge on any atom is -0.409 e. The van der Waals surface area contributed by atoms with Crippen molar-refractivity contribution >= 4 is 5.84 Å². The maximum absolute atomic E-state index is 8.42. The van der Waals surface area contributed by atoms with E-state index in [9.17, 15) is 0 Å². The molecule has 0 unspecified atom stereocenters. The monoisotopic (exact) mass is 227 g/mol. The summed E-state index contributed by atoms with van der Waals surface area (Å²) in [6.45, 7) is 3.05. The van der Waals surface area contributed by atoms with Crippen molar-refractivity contribution in [3.05, 3.63) is 0 Å². The lowest BCUT2D eigenvalue weighted by molar-refractivity contribution is 0.315. The smallest absolute Gasteiger partial charge is 0.140 e. The van der Waals surface area contributed by atoms with Crippen molar-refractivity contribution in [1.29, 1.82) is 0 Å². The Morgan fingerprint density at radius 3 is 2.56 bits per heavy atom. The molecule has 4 nitrogen and oxygen atoms in total. The van der Waals surface area contributed by atoms with Crippen LogP contribution in [0.4, 0.5) is 0 Å². The maximum atomic E-state index is 8.42. The molecule has 1 fully saturated rings. The number of nitrogens with one attached hydrogen (secondary N) is 1. The maximum Gasteiger partial charge on any atom is 0.140 e. The van der Waals surface area contributed by atoms with Gasteiger partial charge in [0, 0.05) is 19.0 Å². The van der Waals surface area contributed by atoms with Gasteiger partial charge in [-0.2, -0.15) is 0 Å². The minimum absolute atomic E-state index is 0.306. The largest absolute Gasteiger partial charge is 0.409 e. The number of hydrogen-bond acceptors (Lipinski definition) is 3. The highest BCUT2D eigenvalue weighted by molar-refractivity contribution is 5.79. The van der Waals surface area contributed by atoms with Crippen LogP contribution in [-0.2, 0) is 0 Å². The third kappa shape index (κ3) is 4.84. The van der Waals surface area contributed by atoms with Crippen LogP contribution in [0.1, 0.15) is 51.9 Å². The van der Waals surface area contributed by atoms with Crippen LogP contribution >= 0.6 is 0 Å². The van der Waals surface area contributed by atoms with E-state index < -0.39 is 0 Å². The number of nitrogens with zero attached hydrogens (tertiary/aromatic N) is 1. The van der Waals surface area contributed by atoms with Gasteiger partial charge in [-0.25, -0.2) is 0 Å². The molecular weight excluding hydrogens is 202 g/mol. The van der Waals surface area contributed by atoms with Gasteiger partial charge in [-0.3, -0.25) is 0 Å². The molecule has 4 heteroatoms. The zero-order valence-corrected chi connectivity index (χ0v) is 10.3. The first kappa shape index (κ1) is 13.3. The molecule has 94 valence electrons. The molecule has 0 radical (unpaired) electrons. The summed E-state index contributed by atoms with van der Waals surface area (Å²) in [5, 5.41) is 14.9. The van der Waals surface area contributed by atoms with Gasteiger partial charge in [0.15, 0.2) is 0 Å². The summed E-state index contributed by atoms with van der Waals surface area (Å²) in [7, 11) is 0. The Balaban J connectivity index is 2.19. The van der Waals surface area contributed by atoms with Gasteiger partial charge in [-0.15, -0.1) is 0 Å². The summed E-state index contributed by atoms with van der Waals surface area (Å²) in [6.07, 6.45) is 8.84. The van der Waals surface area contributed by atoms with E-state index in [-0.39, 0.29) is 0 Å². The Kier molecular flexibility index (Phi) is 6.23. The number of nitrogens with two attached hydrogens (primary N) is 1. The summed E-state index contributed by atoms with van der Waals surface area (Å²) in [4.78, 5) is 0. The molecule has 0 heterocycles. The van der Waals surface area contributed by atoms with E-state index in [4.69, 9.17) is 10.9 Å². The van der Waals surface area contributed by atoms with E-state index >= 15 is 0 Å². The van der Waals surface area contributed by atoms with Gasteiger partial charge < -0.3 is 16.3 Å². The first-order valence-corrected chi connectivity index (χ1v) is 6.44. The molecule has 1 aliphatic carbocycles. The zero-order valence-electron chi connectivity index (χ0n) is 10.3. The van der Waals surface area contributed by atoms with Crippen LogP contribution < -0.4 is 11.1 Å². The van der Waals surface area contributed by atoms with Crippen molar-refractivity contribution < 1.29 is 5.21 Å². The lowest BCUT2D eigenvalue weighted by Gasteiger charge is -2.23. The van der Waals surface area contributed by atoms with E-state index in [1.54, 1.807) is 0 Å². The Morgan fingerprint density at radius 2 is 2.00 bits per heavy atom. The Hall–Kier alpha value is -0.770. The fourth-order valence-electron chi connectivity index (χ4n) is 2.46. The van der Waals surface area contributed by atoms with Gasteiger partial charge >= 0.3 is 0 Å². The third-order valence-corrected chi connectivity index (χ3v) is 3.58. The highest BCUT2D eigenvalue weighted by Gasteiger charge is 2.18. The van der Waals surface area contributed by atoms with Crippen molar-refractivity contribution in [3.8, 4) is 0 Å². The second kappa shape index (κ2) is 7.49. The van der Waals surface area contributed by atoms with Crippen LogP contribution in [0.15, 0.2) is 5.16 Å². The molecule has 0 bridgehead atoms. The van der Waals surface area contributed by atoms with Gasteiger partial charge in [-0.1, -0.05) is 30.8 Å². The van der Waals surface area contributed by atoms with Gasteiger partial charge in [0.25, 0.3) is 0 Å². The predicted molar refractivity (Wildman–Crippen MR) is 66.7 cm³/mol. The minimum atomic E-state index is 0.306. The lowest BCUT2D eigenvalue weighted by Crippen LogP contribution is -2.35. The van der Waals surface area contributed by atoms with E-state index in [1.165, 1.54) is 38.5 Å². The third-order valence-electron chi connectivity index (χ3n) is 3.58. The molecule has 4 N–H and O–H groups in total. The van der Waals surface area contributed by atoms with Gasteiger partial charge in [0.05, 0.1) is 0 Å². The van der Waals surface area contributed by atoms with Crippen LogP contribution in [0.3, 0.4) is 0 Å².